The molecule has 0 spiro atoms. The van der Waals surface area contributed by atoms with Crippen LogP contribution < -0.4 is 0 Å². The summed E-state index contributed by atoms with van der Waals surface area (Å²) in [5.41, 5.74) is 2.29. The molecular formula is C18H19FO2. The third-order valence-electron chi connectivity index (χ3n) is 3.35. The fraction of sp³-hybridized carbons (Fsp3) is 0.278. The summed E-state index contributed by atoms with van der Waals surface area (Å²) in [5.74, 6) is -0.823. The first-order valence-corrected chi connectivity index (χ1v) is 7.02. The second kappa shape index (κ2) is 6.64. The first kappa shape index (κ1) is 15.4. The van der Waals surface area contributed by atoms with E-state index in [1.165, 1.54) is 6.07 Å². The highest BCUT2D eigenvalue weighted by atomic mass is 19.1. The molecule has 3 heteroatoms. The van der Waals surface area contributed by atoms with Crippen molar-refractivity contribution in [1.29, 1.82) is 0 Å². The molecular weight excluding hydrogens is 267 g/mol. The quantitative estimate of drug-likeness (QED) is 0.761. The molecule has 2 aromatic carbocycles. The van der Waals surface area contributed by atoms with Crippen molar-refractivity contribution in [3.05, 3.63) is 70.5 Å². The second-order valence-corrected chi connectivity index (χ2v) is 5.05. The Balaban J connectivity index is 2.45. The highest BCUT2D eigenvalue weighted by Gasteiger charge is 2.26. The molecule has 0 saturated heterocycles. The maximum Gasteiger partial charge on any atom is 0.199 e. The van der Waals surface area contributed by atoms with Crippen LogP contribution in [0.3, 0.4) is 0 Å². The number of ether oxygens (including phenoxy) is 1. The van der Waals surface area contributed by atoms with Crippen molar-refractivity contribution in [1.82, 2.24) is 0 Å². The lowest BCUT2D eigenvalue weighted by atomic mass is 9.95. The Bertz CT molecular complexity index is 612. The standard InChI is InChI=1S/C18H19FO2/c1-4-21-18(14-8-6-5-7-9-14)17(20)16-13(3)10-12(2)11-15(16)19/h5-11,18H,4H2,1-3H3. The molecule has 1 unspecified atom stereocenters. The normalized spacial score (nSPS) is 12.2. The molecule has 21 heavy (non-hydrogen) atoms. The molecule has 2 nitrogen and oxygen atoms in total. The summed E-state index contributed by atoms with van der Waals surface area (Å²) in [5, 5.41) is 0. The van der Waals surface area contributed by atoms with E-state index in [1.54, 1.807) is 6.92 Å². The Morgan fingerprint density at radius 2 is 1.86 bits per heavy atom. The number of ketones is 1. The molecule has 0 radical (unpaired) electrons. The number of carbonyl (C=O) groups excluding carboxylic acids is 1. The molecule has 0 amide bonds. The highest BCUT2D eigenvalue weighted by molar-refractivity contribution is 6.01. The van der Waals surface area contributed by atoms with E-state index >= 15 is 0 Å². The van der Waals surface area contributed by atoms with Gasteiger partial charge in [0, 0.05) is 6.61 Å². The second-order valence-electron chi connectivity index (χ2n) is 5.05. The van der Waals surface area contributed by atoms with Gasteiger partial charge >= 0.3 is 0 Å². The number of aryl methyl sites for hydroxylation is 2. The molecule has 1 atom stereocenters. The highest BCUT2D eigenvalue weighted by Crippen LogP contribution is 2.26. The van der Waals surface area contributed by atoms with Crippen LogP contribution in [0.4, 0.5) is 4.39 Å². The molecule has 0 bridgehead atoms. The molecule has 0 aromatic heterocycles. The van der Waals surface area contributed by atoms with Crippen molar-refractivity contribution in [2.75, 3.05) is 6.61 Å². The Hall–Kier alpha value is -2.00. The van der Waals surface area contributed by atoms with Crippen LogP contribution in [0.25, 0.3) is 0 Å². The maximum atomic E-state index is 14.2. The minimum Gasteiger partial charge on any atom is -0.366 e. The van der Waals surface area contributed by atoms with Crippen LogP contribution in [0.15, 0.2) is 42.5 Å². The summed E-state index contributed by atoms with van der Waals surface area (Å²) in [6, 6.07) is 12.4. The van der Waals surface area contributed by atoms with E-state index < -0.39 is 11.9 Å². The summed E-state index contributed by atoms with van der Waals surface area (Å²) >= 11 is 0. The fourth-order valence-electron chi connectivity index (χ4n) is 2.48. The number of carbonyl (C=O) groups is 1. The predicted octanol–water partition coefficient (Wildman–Crippen LogP) is 4.40. The summed E-state index contributed by atoms with van der Waals surface area (Å²) in [6.07, 6.45) is -0.771. The van der Waals surface area contributed by atoms with Crippen LogP contribution in [0, 0.1) is 19.7 Å². The first-order chi connectivity index (χ1) is 10.0. The summed E-state index contributed by atoms with van der Waals surface area (Å²) in [4.78, 5) is 12.7. The molecule has 110 valence electrons. The summed E-state index contributed by atoms with van der Waals surface area (Å²) < 4.78 is 19.8. The molecule has 0 fully saturated rings. The number of halogens is 1. The number of hydrogen-bond acceptors (Lipinski definition) is 2. The van der Waals surface area contributed by atoms with E-state index in [0.717, 1.165) is 11.1 Å². The molecule has 0 aliphatic rings. The van der Waals surface area contributed by atoms with Crippen LogP contribution in [0.2, 0.25) is 0 Å². The van der Waals surface area contributed by atoms with Crippen LogP contribution >= 0.6 is 0 Å². The molecule has 0 aliphatic carbocycles. The van der Waals surface area contributed by atoms with Crippen molar-refractivity contribution < 1.29 is 13.9 Å². The SMILES string of the molecule is CCOC(C(=O)c1c(C)cc(C)cc1F)c1ccccc1. The van der Waals surface area contributed by atoms with Gasteiger partial charge in [0.25, 0.3) is 0 Å². The summed E-state index contributed by atoms with van der Waals surface area (Å²) in [6.45, 7) is 5.76. The topological polar surface area (TPSA) is 26.3 Å². The van der Waals surface area contributed by atoms with Crippen LogP contribution in [0.5, 0.6) is 0 Å². The van der Waals surface area contributed by atoms with E-state index in [4.69, 9.17) is 4.74 Å². The van der Waals surface area contributed by atoms with Gasteiger partial charge in [0.2, 0.25) is 0 Å². The van der Waals surface area contributed by atoms with Crippen molar-refractivity contribution in [2.24, 2.45) is 0 Å². The average Bonchev–Trinajstić information content (AvgIpc) is 2.44. The lowest BCUT2D eigenvalue weighted by Gasteiger charge is -2.18. The molecule has 0 aliphatic heterocycles. The largest absolute Gasteiger partial charge is 0.366 e. The van der Waals surface area contributed by atoms with Gasteiger partial charge in [-0.3, -0.25) is 4.79 Å². The van der Waals surface area contributed by atoms with Crippen molar-refractivity contribution in [3.63, 3.8) is 0 Å². The van der Waals surface area contributed by atoms with Gasteiger partial charge in [-0.1, -0.05) is 36.4 Å². The third-order valence-corrected chi connectivity index (χ3v) is 3.35. The Labute approximate surface area is 124 Å². The predicted molar refractivity (Wildman–Crippen MR) is 81.0 cm³/mol. The number of hydrogen-bond donors (Lipinski definition) is 0. The van der Waals surface area contributed by atoms with Crippen LogP contribution in [0.1, 0.15) is 40.1 Å². The number of rotatable bonds is 5. The van der Waals surface area contributed by atoms with Gasteiger partial charge in [-0.25, -0.2) is 4.39 Å². The van der Waals surface area contributed by atoms with Gasteiger partial charge in [-0.05, 0) is 43.5 Å². The smallest absolute Gasteiger partial charge is 0.199 e. The third kappa shape index (κ3) is 3.37. The van der Waals surface area contributed by atoms with Gasteiger partial charge in [0.15, 0.2) is 5.78 Å². The lowest BCUT2D eigenvalue weighted by Crippen LogP contribution is -2.19. The van der Waals surface area contributed by atoms with Crippen LogP contribution in [-0.2, 0) is 4.74 Å². The number of benzene rings is 2. The van der Waals surface area contributed by atoms with Crippen molar-refractivity contribution in [3.8, 4) is 0 Å². The van der Waals surface area contributed by atoms with E-state index in [-0.39, 0.29) is 11.3 Å². The van der Waals surface area contributed by atoms with Gasteiger partial charge in [0.05, 0.1) is 5.56 Å². The Morgan fingerprint density at radius 3 is 2.43 bits per heavy atom. The zero-order chi connectivity index (χ0) is 15.4. The van der Waals surface area contributed by atoms with E-state index in [2.05, 4.69) is 0 Å². The average molecular weight is 286 g/mol. The maximum absolute atomic E-state index is 14.2. The van der Waals surface area contributed by atoms with E-state index in [0.29, 0.717) is 12.2 Å². The fourth-order valence-corrected chi connectivity index (χ4v) is 2.48. The Morgan fingerprint density at radius 1 is 1.19 bits per heavy atom. The minimum absolute atomic E-state index is 0.114. The van der Waals surface area contributed by atoms with Gasteiger partial charge in [-0.2, -0.15) is 0 Å². The zero-order valence-electron chi connectivity index (χ0n) is 12.5. The van der Waals surface area contributed by atoms with Crippen LogP contribution in [-0.4, -0.2) is 12.4 Å². The molecule has 2 rings (SSSR count). The zero-order valence-corrected chi connectivity index (χ0v) is 12.5. The van der Waals surface area contributed by atoms with Gasteiger partial charge in [-0.15, -0.1) is 0 Å². The molecule has 0 N–H and O–H groups in total. The monoisotopic (exact) mass is 286 g/mol. The van der Waals surface area contributed by atoms with Crippen molar-refractivity contribution in [2.45, 2.75) is 26.9 Å². The minimum atomic E-state index is -0.771. The van der Waals surface area contributed by atoms with Gasteiger partial charge < -0.3 is 4.74 Å². The molecule has 0 saturated carbocycles. The molecule has 2 aromatic rings. The lowest BCUT2D eigenvalue weighted by molar-refractivity contribution is 0.0448. The van der Waals surface area contributed by atoms with Gasteiger partial charge in [0.1, 0.15) is 11.9 Å². The Kier molecular flexibility index (Phi) is 4.86. The molecule has 0 heterocycles. The summed E-state index contributed by atoms with van der Waals surface area (Å²) in [7, 11) is 0. The van der Waals surface area contributed by atoms with E-state index in [9.17, 15) is 9.18 Å². The van der Waals surface area contributed by atoms with E-state index in [1.807, 2.05) is 50.2 Å². The number of Topliss-reactive ketones (excluding diaryl/α,β-unsaturated/α-hetero) is 1. The van der Waals surface area contributed by atoms with Crippen molar-refractivity contribution >= 4 is 5.78 Å². The first-order valence-electron chi connectivity index (χ1n) is 7.02.